The Morgan fingerprint density at radius 3 is 2.16 bits per heavy atom. The molecule has 0 heterocycles. The van der Waals surface area contributed by atoms with Crippen molar-refractivity contribution in [3.8, 4) is 16.9 Å². The van der Waals surface area contributed by atoms with Crippen molar-refractivity contribution in [2.45, 2.75) is 90.1 Å². The molecule has 0 aliphatic heterocycles. The Hall–Kier alpha value is -2.30. The number of halogens is 4. The van der Waals surface area contributed by atoms with Crippen LogP contribution in [0.5, 0.6) is 5.75 Å². The van der Waals surface area contributed by atoms with E-state index in [0.29, 0.717) is 24.3 Å². The Bertz CT molecular complexity index is 1050. The Labute approximate surface area is 225 Å². The number of allylic oxidation sites excluding steroid dienone is 1. The molecule has 2 aliphatic carbocycles. The van der Waals surface area contributed by atoms with Gasteiger partial charge in [0, 0.05) is 5.56 Å². The van der Waals surface area contributed by atoms with Crippen LogP contribution in [0.3, 0.4) is 0 Å². The third kappa shape index (κ3) is 7.21. The summed E-state index contributed by atoms with van der Waals surface area (Å²) in [5, 5.41) is 0. The van der Waals surface area contributed by atoms with Gasteiger partial charge in [-0.25, -0.2) is 13.2 Å². The lowest BCUT2D eigenvalue weighted by Gasteiger charge is -2.38. The van der Waals surface area contributed by atoms with Gasteiger partial charge in [-0.2, -0.15) is 4.39 Å². The normalized spacial score (nSPS) is 24.7. The lowest BCUT2D eigenvalue weighted by molar-refractivity contribution is 0.114. The van der Waals surface area contributed by atoms with Gasteiger partial charge in [0.25, 0.3) is 0 Å². The van der Waals surface area contributed by atoms with Crippen molar-refractivity contribution in [3.63, 3.8) is 0 Å². The highest BCUT2D eigenvalue weighted by molar-refractivity contribution is 5.66. The predicted octanol–water partition coefficient (Wildman–Crippen LogP) is 10.0. The average Bonchev–Trinajstić information content (AvgIpc) is 2.92. The van der Waals surface area contributed by atoms with E-state index in [9.17, 15) is 17.6 Å². The molecule has 1 nitrogen and oxygen atoms in total. The van der Waals surface area contributed by atoms with E-state index in [-0.39, 0.29) is 23.5 Å². The molecule has 1 unspecified atom stereocenters. The van der Waals surface area contributed by atoms with Crippen LogP contribution < -0.4 is 4.74 Å². The Morgan fingerprint density at radius 2 is 1.55 bits per heavy atom. The summed E-state index contributed by atoms with van der Waals surface area (Å²) in [7, 11) is 0. The highest BCUT2D eigenvalue weighted by Gasteiger charge is 2.31. The molecule has 0 bridgehead atoms. The van der Waals surface area contributed by atoms with E-state index in [1.54, 1.807) is 12.1 Å². The standard InChI is InChI=1S/C33H42F4O/c1-3-5-22-7-11-24(12-8-22)25-13-9-23(10-14-25)19-28(34)21-38-31-18-17-29(32(36)33(31)37)27-16-15-26(6-4-2)30(35)20-27/h4,15-18,20,22-25,28H,2-3,5-14,19,21H2,1H3. The number of ether oxygens (including phenoxy) is 1. The number of hydrogen-bond acceptors (Lipinski definition) is 1. The molecule has 0 aromatic heterocycles. The number of alkyl halides is 1. The second-order valence-corrected chi connectivity index (χ2v) is 11.5. The monoisotopic (exact) mass is 530 g/mol. The van der Waals surface area contributed by atoms with Crippen molar-refractivity contribution in [2.75, 3.05) is 6.61 Å². The second kappa shape index (κ2) is 13.7. The minimum absolute atomic E-state index is 0.0636. The van der Waals surface area contributed by atoms with E-state index < -0.39 is 23.6 Å². The van der Waals surface area contributed by atoms with Crippen LogP contribution in [0.25, 0.3) is 11.1 Å². The third-order valence-electron chi connectivity index (χ3n) is 8.93. The van der Waals surface area contributed by atoms with Crippen molar-refractivity contribution in [1.29, 1.82) is 0 Å². The molecule has 2 fully saturated rings. The number of benzene rings is 2. The van der Waals surface area contributed by atoms with Gasteiger partial charge in [0.1, 0.15) is 18.6 Å². The van der Waals surface area contributed by atoms with Gasteiger partial charge >= 0.3 is 0 Å². The van der Waals surface area contributed by atoms with Gasteiger partial charge in [-0.3, -0.25) is 0 Å². The van der Waals surface area contributed by atoms with Crippen molar-refractivity contribution in [1.82, 2.24) is 0 Å². The molecule has 0 saturated heterocycles. The maximum Gasteiger partial charge on any atom is 0.201 e. The summed E-state index contributed by atoms with van der Waals surface area (Å²) in [6.07, 6.45) is 13.6. The fourth-order valence-corrected chi connectivity index (χ4v) is 6.76. The van der Waals surface area contributed by atoms with Crippen LogP contribution >= 0.6 is 0 Å². The van der Waals surface area contributed by atoms with Gasteiger partial charge in [0.15, 0.2) is 11.6 Å². The molecule has 0 radical (unpaired) electrons. The zero-order chi connectivity index (χ0) is 27.1. The van der Waals surface area contributed by atoms with Gasteiger partial charge in [0.05, 0.1) is 0 Å². The summed E-state index contributed by atoms with van der Waals surface area (Å²) in [5.41, 5.74) is 0.596. The summed E-state index contributed by atoms with van der Waals surface area (Å²) in [5.74, 6) is -0.261. The van der Waals surface area contributed by atoms with Gasteiger partial charge < -0.3 is 4.74 Å². The number of rotatable bonds is 11. The molecule has 2 aliphatic rings. The summed E-state index contributed by atoms with van der Waals surface area (Å²) in [4.78, 5) is 0. The van der Waals surface area contributed by atoms with E-state index in [1.807, 2.05) is 0 Å². The lowest BCUT2D eigenvalue weighted by Crippen LogP contribution is -2.27. The third-order valence-corrected chi connectivity index (χ3v) is 8.93. The molecule has 2 aromatic carbocycles. The van der Waals surface area contributed by atoms with E-state index >= 15 is 0 Å². The highest BCUT2D eigenvalue weighted by atomic mass is 19.2. The Balaban J connectivity index is 1.24. The van der Waals surface area contributed by atoms with Gasteiger partial charge in [-0.05, 0) is 91.5 Å². The topological polar surface area (TPSA) is 9.23 Å². The summed E-state index contributed by atoms with van der Waals surface area (Å²) < 4.78 is 63.9. The lowest BCUT2D eigenvalue weighted by atomic mass is 9.68. The highest BCUT2D eigenvalue weighted by Crippen LogP contribution is 2.43. The van der Waals surface area contributed by atoms with Crippen LogP contribution in [0.4, 0.5) is 17.6 Å². The predicted molar refractivity (Wildman–Crippen MR) is 146 cm³/mol. The van der Waals surface area contributed by atoms with Gasteiger partial charge in [0.2, 0.25) is 5.82 Å². The first-order valence-corrected chi connectivity index (χ1v) is 14.5. The van der Waals surface area contributed by atoms with Crippen molar-refractivity contribution >= 4 is 0 Å². The van der Waals surface area contributed by atoms with Crippen molar-refractivity contribution in [3.05, 3.63) is 66.0 Å². The Morgan fingerprint density at radius 1 is 0.895 bits per heavy atom. The largest absolute Gasteiger partial charge is 0.487 e. The molecule has 2 aromatic rings. The summed E-state index contributed by atoms with van der Waals surface area (Å²) in [6, 6.07) is 6.90. The maximum absolute atomic E-state index is 14.8. The molecule has 1 atom stereocenters. The van der Waals surface area contributed by atoms with Crippen LogP contribution in [0.2, 0.25) is 0 Å². The Kier molecular flexibility index (Phi) is 10.3. The fourth-order valence-electron chi connectivity index (χ4n) is 6.76. The van der Waals surface area contributed by atoms with Gasteiger partial charge in [-0.15, -0.1) is 6.58 Å². The minimum Gasteiger partial charge on any atom is -0.487 e. The zero-order valence-corrected chi connectivity index (χ0v) is 22.7. The molecule has 0 amide bonds. The summed E-state index contributed by atoms with van der Waals surface area (Å²) >= 11 is 0. The van der Waals surface area contributed by atoms with E-state index in [1.165, 1.54) is 75.6 Å². The zero-order valence-electron chi connectivity index (χ0n) is 22.7. The van der Waals surface area contributed by atoms with Crippen LogP contribution in [-0.2, 0) is 6.42 Å². The van der Waals surface area contributed by atoms with Gasteiger partial charge in [-0.1, -0.05) is 63.7 Å². The van der Waals surface area contributed by atoms with E-state index in [4.69, 9.17) is 4.74 Å². The molecule has 4 rings (SSSR count). The second-order valence-electron chi connectivity index (χ2n) is 11.5. The smallest absolute Gasteiger partial charge is 0.201 e. The molecule has 5 heteroatoms. The molecular formula is C33H42F4O. The first kappa shape index (κ1) is 28.7. The van der Waals surface area contributed by atoms with Crippen LogP contribution in [0.15, 0.2) is 43.0 Å². The minimum atomic E-state index is -1.23. The van der Waals surface area contributed by atoms with Crippen LogP contribution in [0.1, 0.15) is 83.1 Å². The van der Waals surface area contributed by atoms with Crippen LogP contribution in [-0.4, -0.2) is 12.8 Å². The van der Waals surface area contributed by atoms with E-state index in [0.717, 1.165) is 30.6 Å². The molecule has 0 spiro atoms. The summed E-state index contributed by atoms with van der Waals surface area (Å²) in [6.45, 7) is 5.56. The quantitative estimate of drug-likeness (QED) is 0.207. The molecule has 2 saturated carbocycles. The first-order valence-electron chi connectivity index (χ1n) is 14.5. The fraction of sp³-hybridized carbons (Fsp3) is 0.576. The van der Waals surface area contributed by atoms with Crippen molar-refractivity contribution < 1.29 is 22.3 Å². The van der Waals surface area contributed by atoms with E-state index in [2.05, 4.69) is 13.5 Å². The molecule has 38 heavy (non-hydrogen) atoms. The molecular weight excluding hydrogens is 488 g/mol. The molecule has 0 N–H and O–H groups in total. The first-order chi connectivity index (χ1) is 18.4. The molecule has 208 valence electrons. The van der Waals surface area contributed by atoms with Crippen molar-refractivity contribution in [2.24, 2.45) is 23.7 Å². The SMILES string of the molecule is C=CCc1ccc(-c2ccc(OCC(F)CC3CCC(C4CCC(CCC)CC4)CC3)c(F)c2F)cc1F. The maximum atomic E-state index is 14.8. The van der Waals surface area contributed by atoms with Crippen LogP contribution in [0, 0.1) is 41.1 Å². The average molecular weight is 531 g/mol. The number of hydrogen-bond donors (Lipinski definition) is 0.